The standard InChI is InChI=1S/C16H21N3O3S/c1-22-11-10-19-23(20,21)16-7-5-14(6-8-16)12-17-13-15-4-2-3-9-18-15/h2-9,17,19H,10-13H2,1H3. The first-order valence-electron chi connectivity index (χ1n) is 7.30. The number of hydrogen-bond donors (Lipinski definition) is 2. The monoisotopic (exact) mass is 335 g/mol. The van der Waals surface area contributed by atoms with Crippen molar-refractivity contribution >= 4 is 10.0 Å². The second kappa shape index (κ2) is 8.73. The smallest absolute Gasteiger partial charge is 0.240 e. The van der Waals surface area contributed by atoms with E-state index in [0.29, 0.717) is 19.7 Å². The van der Waals surface area contributed by atoms with Gasteiger partial charge in [0.2, 0.25) is 10.0 Å². The highest BCUT2D eigenvalue weighted by Crippen LogP contribution is 2.10. The lowest BCUT2D eigenvalue weighted by Crippen LogP contribution is -2.27. The average Bonchev–Trinajstić information content (AvgIpc) is 2.56. The van der Waals surface area contributed by atoms with E-state index in [4.69, 9.17) is 4.74 Å². The van der Waals surface area contributed by atoms with Gasteiger partial charge in [0.25, 0.3) is 0 Å². The topological polar surface area (TPSA) is 80.3 Å². The molecule has 1 aromatic carbocycles. The summed E-state index contributed by atoms with van der Waals surface area (Å²) in [5.41, 5.74) is 1.98. The van der Waals surface area contributed by atoms with Gasteiger partial charge in [0, 0.05) is 32.9 Å². The van der Waals surface area contributed by atoms with Gasteiger partial charge in [-0.25, -0.2) is 13.1 Å². The van der Waals surface area contributed by atoms with Crippen LogP contribution in [0.4, 0.5) is 0 Å². The number of sulfonamides is 1. The van der Waals surface area contributed by atoms with Crippen molar-refractivity contribution in [3.8, 4) is 0 Å². The Bertz CT molecular complexity index is 688. The summed E-state index contributed by atoms with van der Waals surface area (Å²) >= 11 is 0. The Morgan fingerprint density at radius 1 is 1.09 bits per heavy atom. The van der Waals surface area contributed by atoms with Crippen molar-refractivity contribution in [1.82, 2.24) is 15.0 Å². The lowest BCUT2D eigenvalue weighted by molar-refractivity contribution is 0.204. The fourth-order valence-corrected chi connectivity index (χ4v) is 3.00. The van der Waals surface area contributed by atoms with Crippen LogP contribution in [-0.2, 0) is 27.8 Å². The molecule has 2 aromatic rings. The summed E-state index contributed by atoms with van der Waals surface area (Å²) in [7, 11) is -1.94. The number of nitrogens with zero attached hydrogens (tertiary/aromatic N) is 1. The molecule has 124 valence electrons. The number of benzene rings is 1. The lowest BCUT2D eigenvalue weighted by atomic mass is 10.2. The molecule has 6 nitrogen and oxygen atoms in total. The Labute approximate surface area is 137 Å². The molecule has 0 saturated heterocycles. The molecular formula is C16H21N3O3S. The van der Waals surface area contributed by atoms with E-state index in [1.54, 1.807) is 30.5 Å². The molecule has 1 aromatic heterocycles. The Balaban J connectivity index is 1.86. The predicted molar refractivity (Wildman–Crippen MR) is 88.3 cm³/mol. The van der Waals surface area contributed by atoms with Crippen LogP contribution in [0.1, 0.15) is 11.3 Å². The van der Waals surface area contributed by atoms with Crippen LogP contribution in [0.3, 0.4) is 0 Å². The van der Waals surface area contributed by atoms with Gasteiger partial charge >= 0.3 is 0 Å². The third-order valence-electron chi connectivity index (χ3n) is 3.19. The molecule has 0 aliphatic rings. The molecule has 0 bridgehead atoms. The van der Waals surface area contributed by atoms with Gasteiger partial charge in [0.1, 0.15) is 0 Å². The van der Waals surface area contributed by atoms with Gasteiger partial charge in [-0.1, -0.05) is 18.2 Å². The maximum absolute atomic E-state index is 12.0. The van der Waals surface area contributed by atoms with Crippen molar-refractivity contribution < 1.29 is 13.2 Å². The molecule has 0 spiro atoms. The molecule has 0 amide bonds. The van der Waals surface area contributed by atoms with Crippen LogP contribution < -0.4 is 10.0 Å². The Kier molecular flexibility index (Phi) is 6.66. The largest absolute Gasteiger partial charge is 0.383 e. The number of hydrogen-bond acceptors (Lipinski definition) is 5. The van der Waals surface area contributed by atoms with Gasteiger partial charge in [-0.15, -0.1) is 0 Å². The first-order valence-corrected chi connectivity index (χ1v) is 8.78. The zero-order valence-electron chi connectivity index (χ0n) is 13.0. The van der Waals surface area contributed by atoms with E-state index in [-0.39, 0.29) is 11.4 Å². The van der Waals surface area contributed by atoms with Gasteiger partial charge in [-0.05, 0) is 29.8 Å². The lowest BCUT2D eigenvalue weighted by Gasteiger charge is -2.08. The minimum absolute atomic E-state index is 0.252. The number of nitrogens with one attached hydrogen (secondary N) is 2. The maximum atomic E-state index is 12.0. The average molecular weight is 335 g/mol. The highest BCUT2D eigenvalue weighted by atomic mass is 32.2. The molecule has 0 fully saturated rings. The molecule has 23 heavy (non-hydrogen) atoms. The van der Waals surface area contributed by atoms with E-state index < -0.39 is 10.0 Å². The zero-order valence-corrected chi connectivity index (χ0v) is 13.8. The van der Waals surface area contributed by atoms with Crippen LogP contribution >= 0.6 is 0 Å². The number of rotatable bonds is 9. The second-order valence-corrected chi connectivity index (χ2v) is 6.73. The van der Waals surface area contributed by atoms with Crippen molar-refractivity contribution in [3.63, 3.8) is 0 Å². The molecule has 0 aliphatic carbocycles. The maximum Gasteiger partial charge on any atom is 0.240 e. The second-order valence-electron chi connectivity index (χ2n) is 4.96. The summed E-state index contributed by atoms with van der Waals surface area (Å²) < 4.78 is 31.4. The van der Waals surface area contributed by atoms with E-state index >= 15 is 0 Å². The van der Waals surface area contributed by atoms with E-state index in [1.807, 2.05) is 18.2 Å². The Hall–Kier alpha value is -1.80. The molecule has 7 heteroatoms. The summed E-state index contributed by atoms with van der Waals surface area (Å²) in [5, 5.41) is 3.27. The van der Waals surface area contributed by atoms with Crippen LogP contribution in [0.25, 0.3) is 0 Å². The van der Waals surface area contributed by atoms with Gasteiger partial charge in [0.15, 0.2) is 0 Å². The molecule has 0 radical (unpaired) electrons. The number of aromatic nitrogens is 1. The van der Waals surface area contributed by atoms with Crippen LogP contribution in [-0.4, -0.2) is 33.7 Å². The Morgan fingerprint density at radius 2 is 1.87 bits per heavy atom. The van der Waals surface area contributed by atoms with E-state index in [9.17, 15) is 8.42 Å². The zero-order chi connectivity index (χ0) is 16.5. The first kappa shape index (κ1) is 17.6. The fourth-order valence-electron chi connectivity index (χ4n) is 1.99. The summed E-state index contributed by atoms with van der Waals surface area (Å²) in [6, 6.07) is 12.6. The van der Waals surface area contributed by atoms with Crippen LogP contribution in [0.5, 0.6) is 0 Å². The Morgan fingerprint density at radius 3 is 2.52 bits per heavy atom. The third kappa shape index (κ3) is 5.72. The van der Waals surface area contributed by atoms with Crippen molar-refractivity contribution in [3.05, 3.63) is 59.9 Å². The van der Waals surface area contributed by atoms with Gasteiger partial charge in [0.05, 0.1) is 17.2 Å². The molecule has 0 atom stereocenters. The summed E-state index contributed by atoms with van der Waals surface area (Å²) in [6.07, 6.45) is 1.76. The molecule has 2 rings (SSSR count). The van der Waals surface area contributed by atoms with Gasteiger partial charge in [-0.2, -0.15) is 0 Å². The number of pyridine rings is 1. The summed E-state index contributed by atoms with van der Waals surface area (Å²) in [4.78, 5) is 4.48. The molecule has 0 unspecified atom stereocenters. The van der Waals surface area contributed by atoms with Crippen LogP contribution in [0.2, 0.25) is 0 Å². The van der Waals surface area contributed by atoms with Crippen LogP contribution in [0, 0.1) is 0 Å². The number of ether oxygens (including phenoxy) is 1. The summed E-state index contributed by atoms with van der Waals surface area (Å²) in [6.45, 7) is 1.91. The summed E-state index contributed by atoms with van der Waals surface area (Å²) in [5.74, 6) is 0. The third-order valence-corrected chi connectivity index (χ3v) is 4.67. The van der Waals surface area contributed by atoms with Crippen molar-refractivity contribution in [2.24, 2.45) is 0 Å². The van der Waals surface area contributed by atoms with E-state index in [1.165, 1.54) is 7.11 Å². The molecule has 2 N–H and O–H groups in total. The highest BCUT2D eigenvalue weighted by molar-refractivity contribution is 7.89. The molecule has 1 heterocycles. The van der Waals surface area contributed by atoms with Crippen LogP contribution in [0.15, 0.2) is 53.6 Å². The fraction of sp³-hybridized carbons (Fsp3) is 0.312. The minimum atomic E-state index is -3.47. The normalized spacial score (nSPS) is 11.5. The van der Waals surface area contributed by atoms with Crippen molar-refractivity contribution in [2.45, 2.75) is 18.0 Å². The highest BCUT2D eigenvalue weighted by Gasteiger charge is 2.12. The van der Waals surface area contributed by atoms with Crippen molar-refractivity contribution in [1.29, 1.82) is 0 Å². The quantitative estimate of drug-likeness (QED) is 0.675. The molecular weight excluding hydrogens is 314 g/mol. The molecule has 0 aliphatic heterocycles. The minimum Gasteiger partial charge on any atom is -0.383 e. The molecule has 0 saturated carbocycles. The van der Waals surface area contributed by atoms with Gasteiger partial charge < -0.3 is 10.1 Å². The van der Waals surface area contributed by atoms with E-state index in [2.05, 4.69) is 15.0 Å². The number of methoxy groups -OCH3 is 1. The predicted octanol–water partition coefficient (Wildman–Crippen LogP) is 1.30. The SMILES string of the molecule is COCCNS(=O)(=O)c1ccc(CNCc2ccccn2)cc1. The van der Waals surface area contributed by atoms with E-state index in [0.717, 1.165) is 11.3 Å². The van der Waals surface area contributed by atoms with Gasteiger partial charge in [-0.3, -0.25) is 4.98 Å². The van der Waals surface area contributed by atoms with Crippen molar-refractivity contribution in [2.75, 3.05) is 20.3 Å². The first-order chi connectivity index (χ1) is 11.1.